The third kappa shape index (κ3) is 2.76. The fourth-order valence-electron chi connectivity index (χ4n) is 2.37. The number of carbonyl (C=O) groups is 1. The fourth-order valence-corrected chi connectivity index (χ4v) is 5.08. The summed E-state index contributed by atoms with van der Waals surface area (Å²) >= 11 is 1.28. The van der Waals surface area contributed by atoms with Gasteiger partial charge in [-0.05, 0) is 12.3 Å². The van der Waals surface area contributed by atoms with Crippen LogP contribution in [0.2, 0.25) is 0 Å². The highest BCUT2D eigenvalue weighted by molar-refractivity contribution is 7.91. The molecular formula is C12H15NO5S2. The van der Waals surface area contributed by atoms with Gasteiger partial charge in [0.05, 0.1) is 11.5 Å². The number of hydrogen-bond acceptors (Lipinski definition) is 6. The Morgan fingerprint density at radius 3 is 2.95 bits per heavy atom. The standard InChI is InChI=1S/C12H15NO5S2/c14-12(13-5-8-1-4-20(15,16)7-8)11-10-9(6-19-11)17-2-3-18-10/h6,8H,1-5,7H2,(H,13,14). The summed E-state index contributed by atoms with van der Waals surface area (Å²) in [6.07, 6.45) is 0.616. The maximum atomic E-state index is 12.1. The Morgan fingerprint density at radius 1 is 1.40 bits per heavy atom. The minimum atomic E-state index is -2.90. The van der Waals surface area contributed by atoms with Crippen molar-refractivity contribution in [2.24, 2.45) is 5.92 Å². The maximum absolute atomic E-state index is 12.1. The second-order valence-corrected chi connectivity index (χ2v) is 8.04. The van der Waals surface area contributed by atoms with Gasteiger partial charge < -0.3 is 14.8 Å². The van der Waals surface area contributed by atoms with E-state index in [-0.39, 0.29) is 23.3 Å². The molecule has 6 nitrogen and oxygen atoms in total. The van der Waals surface area contributed by atoms with Gasteiger partial charge in [-0.25, -0.2) is 8.42 Å². The van der Waals surface area contributed by atoms with Crippen molar-refractivity contribution in [1.29, 1.82) is 0 Å². The summed E-state index contributed by atoms with van der Waals surface area (Å²) in [4.78, 5) is 12.6. The highest BCUT2D eigenvalue weighted by Gasteiger charge is 2.29. The number of nitrogens with one attached hydrogen (secondary N) is 1. The quantitative estimate of drug-likeness (QED) is 0.887. The van der Waals surface area contributed by atoms with Gasteiger partial charge in [-0.1, -0.05) is 0 Å². The van der Waals surface area contributed by atoms with Crippen molar-refractivity contribution < 1.29 is 22.7 Å². The fraction of sp³-hybridized carbons (Fsp3) is 0.583. The Hall–Kier alpha value is -1.28. The Labute approximate surface area is 121 Å². The summed E-state index contributed by atoms with van der Waals surface area (Å²) in [5.41, 5.74) is 0. The van der Waals surface area contributed by atoms with Crippen LogP contribution in [-0.4, -0.2) is 45.6 Å². The van der Waals surface area contributed by atoms with Crippen molar-refractivity contribution in [3.63, 3.8) is 0 Å². The monoisotopic (exact) mass is 317 g/mol. The van der Waals surface area contributed by atoms with Crippen molar-refractivity contribution in [3.8, 4) is 11.5 Å². The van der Waals surface area contributed by atoms with E-state index in [0.29, 0.717) is 42.6 Å². The summed E-state index contributed by atoms with van der Waals surface area (Å²) in [7, 11) is -2.90. The van der Waals surface area contributed by atoms with Crippen LogP contribution < -0.4 is 14.8 Å². The van der Waals surface area contributed by atoms with Crippen molar-refractivity contribution in [2.45, 2.75) is 6.42 Å². The van der Waals surface area contributed by atoms with Crippen LogP contribution in [0.4, 0.5) is 0 Å². The molecule has 1 aromatic heterocycles. The molecule has 2 aliphatic rings. The molecule has 1 atom stereocenters. The molecule has 3 rings (SSSR count). The van der Waals surface area contributed by atoms with Crippen LogP contribution in [-0.2, 0) is 9.84 Å². The van der Waals surface area contributed by atoms with Crippen LogP contribution in [0, 0.1) is 5.92 Å². The molecule has 1 fully saturated rings. The lowest BCUT2D eigenvalue weighted by atomic mass is 10.1. The molecule has 1 N–H and O–H groups in total. The average Bonchev–Trinajstić information content (AvgIpc) is 2.99. The van der Waals surface area contributed by atoms with Gasteiger partial charge in [0.15, 0.2) is 21.3 Å². The predicted molar refractivity (Wildman–Crippen MR) is 74.4 cm³/mol. The first-order chi connectivity index (χ1) is 9.55. The van der Waals surface area contributed by atoms with Gasteiger partial charge in [-0.15, -0.1) is 11.3 Å². The van der Waals surface area contributed by atoms with Crippen LogP contribution in [0.1, 0.15) is 16.1 Å². The number of carbonyl (C=O) groups excluding carboxylic acids is 1. The van der Waals surface area contributed by atoms with E-state index in [1.807, 2.05) is 0 Å². The largest absolute Gasteiger partial charge is 0.485 e. The zero-order valence-electron chi connectivity index (χ0n) is 10.8. The predicted octanol–water partition coefficient (Wildman–Crippen LogP) is 0.684. The van der Waals surface area contributed by atoms with Gasteiger partial charge in [0.2, 0.25) is 0 Å². The topological polar surface area (TPSA) is 81.7 Å². The minimum Gasteiger partial charge on any atom is -0.485 e. The van der Waals surface area contributed by atoms with E-state index < -0.39 is 9.84 Å². The number of amides is 1. The summed E-state index contributed by atoms with van der Waals surface area (Å²) in [6.45, 7) is 1.31. The van der Waals surface area contributed by atoms with Gasteiger partial charge in [-0.2, -0.15) is 0 Å². The third-order valence-electron chi connectivity index (χ3n) is 3.39. The Bertz CT molecular complexity index is 622. The minimum absolute atomic E-state index is 0.0110. The lowest BCUT2D eigenvalue weighted by molar-refractivity contribution is 0.0943. The van der Waals surface area contributed by atoms with Crippen molar-refractivity contribution in [1.82, 2.24) is 5.32 Å². The Balaban J connectivity index is 1.61. The summed E-state index contributed by atoms with van der Waals surface area (Å²) < 4.78 is 33.6. The number of sulfone groups is 1. The highest BCUT2D eigenvalue weighted by Crippen LogP contribution is 2.39. The zero-order chi connectivity index (χ0) is 14.2. The molecule has 0 bridgehead atoms. The lowest BCUT2D eigenvalue weighted by Crippen LogP contribution is -2.30. The van der Waals surface area contributed by atoms with E-state index in [2.05, 4.69) is 5.32 Å². The molecule has 110 valence electrons. The van der Waals surface area contributed by atoms with E-state index in [4.69, 9.17) is 9.47 Å². The van der Waals surface area contributed by atoms with E-state index >= 15 is 0 Å². The molecule has 0 radical (unpaired) electrons. The lowest BCUT2D eigenvalue weighted by Gasteiger charge is -2.16. The van der Waals surface area contributed by atoms with Gasteiger partial charge in [0.25, 0.3) is 5.91 Å². The SMILES string of the molecule is O=C(NCC1CCS(=O)(=O)C1)c1scc2c1OCCO2. The van der Waals surface area contributed by atoms with Crippen LogP contribution in [0.5, 0.6) is 11.5 Å². The molecule has 1 unspecified atom stereocenters. The molecular weight excluding hydrogens is 302 g/mol. The summed E-state index contributed by atoms with van der Waals surface area (Å²) in [6, 6.07) is 0. The number of ether oxygens (including phenoxy) is 2. The second-order valence-electron chi connectivity index (χ2n) is 4.93. The Morgan fingerprint density at radius 2 is 2.20 bits per heavy atom. The summed E-state index contributed by atoms with van der Waals surface area (Å²) in [5.74, 6) is 1.27. The molecule has 1 aromatic rings. The van der Waals surface area contributed by atoms with Crippen LogP contribution in [0.3, 0.4) is 0 Å². The first kappa shape index (κ1) is 13.7. The van der Waals surface area contributed by atoms with Crippen LogP contribution in [0.15, 0.2) is 5.38 Å². The van der Waals surface area contributed by atoms with Crippen molar-refractivity contribution in [3.05, 3.63) is 10.3 Å². The second kappa shape index (κ2) is 5.25. The van der Waals surface area contributed by atoms with Crippen LogP contribution >= 0.6 is 11.3 Å². The summed E-state index contributed by atoms with van der Waals surface area (Å²) in [5, 5.41) is 4.54. The van der Waals surface area contributed by atoms with Crippen molar-refractivity contribution >= 4 is 27.1 Å². The first-order valence-corrected chi connectivity index (χ1v) is 9.11. The smallest absolute Gasteiger partial charge is 0.265 e. The normalized spacial score (nSPS) is 23.5. The molecule has 8 heteroatoms. The third-order valence-corrected chi connectivity index (χ3v) is 6.16. The average molecular weight is 317 g/mol. The first-order valence-electron chi connectivity index (χ1n) is 6.41. The number of fused-ring (bicyclic) bond motifs is 1. The Kier molecular flexibility index (Phi) is 3.59. The maximum Gasteiger partial charge on any atom is 0.265 e. The van der Waals surface area contributed by atoms with Crippen molar-refractivity contribution in [2.75, 3.05) is 31.3 Å². The molecule has 0 aromatic carbocycles. The molecule has 0 spiro atoms. The van der Waals surface area contributed by atoms with E-state index in [1.54, 1.807) is 5.38 Å². The zero-order valence-corrected chi connectivity index (χ0v) is 12.4. The molecule has 1 amide bonds. The van der Waals surface area contributed by atoms with Gasteiger partial charge in [0, 0.05) is 11.9 Å². The number of thiophene rings is 1. The molecule has 3 heterocycles. The molecule has 0 aliphatic carbocycles. The highest BCUT2D eigenvalue weighted by atomic mass is 32.2. The molecule has 2 aliphatic heterocycles. The van der Waals surface area contributed by atoms with E-state index in [0.717, 1.165) is 0 Å². The van der Waals surface area contributed by atoms with E-state index in [1.165, 1.54) is 11.3 Å². The molecule has 0 saturated carbocycles. The number of rotatable bonds is 3. The van der Waals surface area contributed by atoms with E-state index in [9.17, 15) is 13.2 Å². The van der Waals surface area contributed by atoms with Gasteiger partial charge in [0.1, 0.15) is 18.1 Å². The molecule has 20 heavy (non-hydrogen) atoms. The van der Waals surface area contributed by atoms with Gasteiger partial charge >= 0.3 is 0 Å². The van der Waals surface area contributed by atoms with Crippen LogP contribution in [0.25, 0.3) is 0 Å². The number of hydrogen-bond donors (Lipinski definition) is 1. The molecule has 1 saturated heterocycles. The van der Waals surface area contributed by atoms with Gasteiger partial charge in [-0.3, -0.25) is 4.79 Å².